The van der Waals surface area contributed by atoms with Crippen LogP contribution in [0.25, 0.3) is 0 Å². The number of nitrogens with zero attached hydrogens (tertiary/aromatic N) is 3. The zero-order valence-corrected chi connectivity index (χ0v) is 11.5. The molecule has 0 bridgehead atoms. The van der Waals surface area contributed by atoms with Crippen LogP contribution in [0.3, 0.4) is 0 Å². The van der Waals surface area contributed by atoms with Crippen LogP contribution < -0.4 is 5.32 Å². The lowest BCUT2D eigenvalue weighted by atomic mass is 10.3. The Kier molecular flexibility index (Phi) is 3.73. The number of rotatable bonds is 4. The van der Waals surface area contributed by atoms with Gasteiger partial charge in [-0.2, -0.15) is 0 Å². The third kappa shape index (κ3) is 2.50. The number of aryl methyl sites for hydroxylation is 1. The van der Waals surface area contributed by atoms with Crippen LogP contribution in [0, 0.1) is 0 Å². The van der Waals surface area contributed by atoms with Crippen molar-refractivity contribution >= 4 is 27.3 Å². The summed E-state index contributed by atoms with van der Waals surface area (Å²) in [5, 5.41) is 13.4. The fourth-order valence-electron chi connectivity index (χ4n) is 1.42. The Morgan fingerprint density at radius 3 is 3.00 bits per heavy atom. The molecule has 0 aromatic carbocycles. The van der Waals surface area contributed by atoms with E-state index in [1.165, 1.54) is 4.88 Å². The van der Waals surface area contributed by atoms with Gasteiger partial charge in [0.25, 0.3) is 0 Å². The third-order valence-electron chi connectivity index (χ3n) is 2.41. The molecule has 0 aliphatic heterocycles. The number of halogens is 1. The average molecular weight is 301 g/mol. The quantitative estimate of drug-likeness (QED) is 0.943. The van der Waals surface area contributed by atoms with E-state index in [4.69, 9.17) is 0 Å². The van der Waals surface area contributed by atoms with Crippen LogP contribution in [0.4, 0.5) is 0 Å². The summed E-state index contributed by atoms with van der Waals surface area (Å²) >= 11 is 5.28. The van der Waals surface area contributed by atoms with Gasteiger partial charge in [-0.1, -0.05) is 0 Å². The van der Waals surface area contributed by atoms with Crippen molar-refractivity contribution in [1.82, 2.24) is 20.1 Å². The van der Waals surface area contributed by atoms with Crippen molar-refractivity contribution in [3.63, 3.8) is 0 Å². The largest absolute Gasteiger partial charge is 0.320 e. The van der Waals surface area contributed by atoms with Gasteiger partial charge in [0.1, 0.15) is 12.2 Å². The Bertz CT molecular complexity index is 465. The molecule has 1 unspecified atom stereocenters. The minimum Gasteiger partial charge on any atom is -0.320 e. The number of hydrogen-bond donors (Lipinski definition) is 1. The predicted octanol–water partition coefficient (Wildman–Crippen LogP) is 2.49. The Labute approximate surface area is 107 Å². The molecule has 0 saturated carbocycles. The summed E-state index contributed by atoms with van der Waals surface area (Å²) < 4.78 is 3.08. The van der Waals surface area contributed by atoms with Crippen molar-refractivity contribution in [2.24, 2.45) is 7.05 Å². The molecule has 2 aromatic rings. The summed E-state index contributed by atoms with van der Waals surface area (Å²) in [6.07, 6.45) is 1.71. The number of aromatic nitrogens is 3. The van der Waals surface area contributed by atoms with Gasteiger partial charge in [0, 0.05) is 22.4 Å². The molecule has 0 fully saturated rings. The molecule has 1 atom stereocenters. The van der Waals surface area contributed by atoms with E-state index in [1.807, 2.05) is 11.6 Å². The van der Waals surface area contributed by atoms with Crippen molar-refractivity contribution < 1.29 is 0 Å². The fourth-order valence-corrected chi connectivity index (χ4v) is 3.17. The van der Waals surface area contributed by atoms with E-state index in [-0.39, 0.29) is 0 Å². The molecule has 0 radical (unpaired) electrons. The molecule has 0 amide bonds. The molecule has 0 saturated heterocycles. The highest BCUT2D eigenvalue weighted by molar-refractivity contribution is 9.10. The van der Waals surface area contributed by atoms with E-state index < -0.39 is 0 Å². The minimum absolute atomic E-state index is 0.311. The Morgan fingerprint density at radius 1 is 1.62 bits per heavy atom. The van der Waals surface area contributed by atoms with E-state index in [0.29, 0.717) is 6.04 Å². The van der Waals surface area contributed by atoms with Gasteiger partial charge < -0.3 is 9.88 Å². The van der Waals surface area contributed by atoms with Gasteiger partial charge >= 0.3 is 0 Å². The molecular formula is C10H13BrN4S. The molecule has 0 aliphatic rings. The maximum absolute atomic E-state index is 4.03. The van der Waals surface area contributed by atoms with E-state index >= 15 is 0 Å². The minimum atomic E-state index is 0.311. The van der Waals surface area contributed by atoms with Gasteiger partial charge in [0.05, 0.1) is 6.54 Å². The molecule has 4 nitrogen and oxygen atoms in total. The Morgan fingerprint density at radius 2 is 2.44 bits per heavy atom. The topological polar surface area (TPSA) is 42.7 Å². The van der Waals surface area contributed by atoms with Crippen molar-refractivity contribution in [3.05, 3.63) is 32.9 Å². The number of nitrogens with one attached hydrogen (secondary N) is 1. The molecule has 1 N–H and O–H groups in total. The summed E-state index contributed by atoms with van der Waals surface area (Å²) in [5.41, 5.74) is 0. The first kappa shape index (κ1) is 11.8. The lowest BCUT2D eigenvalue weighted by Crippen LogP contribution is -2.19. The van der Waals surface area contributed by atoms with Gasteiger partial charge in [-0.15, -0.1) is 21.5 Å². The predicted molar refractivity (Wildman–Crippen MR) is 68.3 cm³/mol. The Balaban J connectivity index is 1.97. The zero-order chi connectivity index (χ0) is 11.5. The van der Waals surface area contributed by atoms with E-state index in [1.54, 1.807) is 17.7 Å². The molecule has 2 aromatic heterocycles. The zero-order valence-electron chi connectivity index (χ0n) is 9.14. The lowest BCUT2D eigenvalue weighted by molar-refractivity contribution is 0.553. The Hall–Kier alpha value is -0.720. The second-order valence-corrected chi connectivity index (χ2v) is 5.40. The highest BCUT2D eigenvalue weighted by Crippen LogP contribution is 2.28. The first-order valence-electron chi connectivity index (χ1n) is 4.97. The van der Waals surface area contributed by atoms with E-state index in [2.05, 4.69) is 49.8 Å². The van der Waals surface area contributed by atoms with E-state index in [0.717, 1.165) is 16.8 Å². The van der Waals surface area contributed by atoms with Crippen molar-refractivity contribution in [3.8, 4) is 0 Å². The second-order valence-electron chi connectivity index (χ2n) is 3.59. The van der Waals surface area contributed by atoms with Gasteiger partial charge in [-0.05, 0) is 34.3 Å². The van der Waals surface area contributed by atoms with Crippen molar-refractivity contribution in [2.75, 3.05) is 0 Å². The highest BCUT2D eigenvalue weighted by Gasteiger charge is 2.11. The number of thiophene rings is 1. The molecule has 0 aliphatic carbocycles. The van der Waals surface area contributed by atoms with Gasteiger partial charge in [-0.25, -0.2) is 0 Å². The first-order chi connectivity index (χ1) is 7.68. The monoisotopic (exact) mass is 300 g/mol. The molecule has 0 spiro atoms. The van der Waals surface area contributed by atoms with Gasteiger partial charge in [0.2, 0.25) is 0 Å². The number of hydrogen-bond acceptors (Lipinski definition) is 4. The SMILES string of the molecule is CC(NCc1nncn1C)c1sccc1Br. The summed E-state index contributed by atoms with van der Waals surface area (Å²) in [5.74, 6) is 0.944. The average Bonchev–Trinajstić information content (AvgIpc) is 2.84. The first-order valence-corrected chi connectivity index (χ1v) is 6.65. The van der Waals surface area contributed by atoms with Gasteiger partial charge in [-0.3, -0.25) is 0 Å². The standard InChI is InChI=1S/C10H13BrN4S/c1-7(10-8(11)3-4-16-10)12-5-9-14-13-6-15(9)2/h3-4,6-7,12H,5H2,1-2H3. The van der Waals surface area contributed by atoms with Crippen molar-refractivity contribution in [2.45, 2.75) is 19.5 Å². The van der Waals surface area contributed by atoms with Crippen LogP contribution in [-0.4, -0.2) is 14.8 Å². The molecule has 2 rings (SSSR count). The van der Waals surface area contributed by atoms with Crippen LogP contribution in [0.5, 0.6) is 0 Å². The van der Waals surface area contributed by atoms with Crippen LogP contribution in [0.2, 0.25) is 0 Å². The normalized spacial score (nSPS) is 12.9. The summed E-state index contributed by atoms with van der Waals surface area (Å²) in [6.45, 7) is 2.87. The van der Waals surface area contributed by atoms with Gasteiger partial charge in [0.15, 0.2) is 0 Å². The molecule has 16 heavy (non-hydrogen) atoms. The third-order valence-corrected chi connectivity index (χ3v) is 4.46. The molecule has 86 valence electrons. The molecule has 2 heterocycles. The maximum atomic E-state index is 4.03. The van der Waals surface area contributed by atoms with Crippen LogP contribution in [-0.2, 0) is 13.6 Å². The second kappa shape index (κ2) is 5.07. The summed E-state index contributed by atoms with van der Waals surface area (Å²) in [6, 6.07) is 2.38. The highest BCUT2D eigenvalue weighted by atomic mass is 79.9. The lowest BCUT2D eigenvalue weighted by Gasteiger charge is -2.12. The smallest absolute Gasteiger partial charge is 0.146 e. The fraction of sp³-hybridized carbons (Fsp3) is 0.400. The summed E-state index contributed by atoms with van der Waals surface area (Å²) in [7, 11) is 1.95. The summed E-state index contributed by atoms with van der Waals surface area (Å²) in [4.78, 5) is 1.31. The van der Waals surface area contributed by atoms with Crippen LogP contribution in [0.15, 0.2) is 22.2 Å². The molecule has 6 heteroatoms. The van der Waals surface area contributed by atoms with E-state index in [9.17, 15) is 0 Å². The maximum Gasteiger partial charge on any atom is 0.146 e. The molecular weight excluding hydrogens is 288 g/mol. The van der Waals surface area contributed by atoms with Crippen LogP contribution >= 0.6 is 27.3 Å². The van der Waals surface area contributed by atoms with Crippen LogP contribution in [0.1, 0.15) is 23.7 Å². The van der Waals surface area contributed by atoms with Crippen molar-refractivity contribution in [1.29, 1.82) is 0 Å².